The molecule has 2 aromatic rings. The molecule has 4 heterocycles. The van der Waals surface area contributed by atoms with Crippen LogP contribution in [0.2, 0.25) is 0 Å². The number of nitrogens with one attached hydrogen (secondary N) is 2. The van der Waals surface area contributed by atoms with E-state index in [-0.39, 0.29) is 67.5 Å². The number of carbonyl (C=O) groups excluding carboxylic acids is 5. The number of nitrogens with zero attached hydrogens (tertiary/aromatic N) is 3. The average Bonchev–Trinajstić information content (AvgIpc) is 3.81. The van der Waals surface area contributed by atoms with Gasteiger partial charge in [0.2, 0.25) is 11.8 Å². The van der Waals surface area contributed by atoms with E-state index < -0.39 is 42.1 Å². The predicted molar refractivity (Wildman–Crippen MR) is 174 cm³/mol. The number of cyclic esters (lactones) is 1. The molecule has 2 aromatic heterocycles. The number of ether oxygens (including phenoxy) is 2. The van der Waals surface area contributed by atoms with Crippen LogP contribution in [0.15, 0.2) is 57.3 Å². The molecule has 15 heteroatoms. The Labute approximate surface area is 283 Å². The fraction of sp³-hybridized carbons (Fsp3) is 0.500. The van der Waals surface area contributed by atoms with Crippen molar-refractivity contribution in [3.63, 3.8) is 0 Å². The maximum atomic E-state index is 13.6. The Morgan fingerprint density at radius 3 is 2.71 bits per heavy atom. The Kier molecular flexibility index (Phi) is 13.0. The quantitative estimate of drug-likeness (QED) is 0.389. The summed E-state index contributed by atoms with van der Waals surface area (Å²) in [7, 11) is 0. The molecule has 1 fully saturated rings. The normalized spacial score (nSPS) is 24.3. The molecule has 2 aliphatic heterocycles. The van der Waals surface area contributed by atoms with E-state index in [0.717, 1.165) is 6.26 Å². The SMILES string of the molecule is CC1=C[C@@H](O)CC(=O)Cc2nc(co2)C(=O)N2CCC[C@@H]2C(=O)O[C@H]([C@H](C)CCOC(=O)Nc2coc(C)n2)[C@H](C)/C=C/C(=O)NCC=C1. The fourth-order valence-corrected chi connectivity index (χ4v) is 5.61. The Hall–Kier alpha value is -5.05. The second-order valence-electron chi connectivity index (χ2n) is 12.2. The number of amides is 3. The number of oxazole rings is 2. The molecule has 15 nitrogen and oxygen atoms in total. The third-order valence-corrected chi connectivity index (χ3v) is 8.11. The minimum absolute atomic E-state index is 0.00291. The summed E-state index contributed by atoms with van der Waals surface area (Å²) in [5.41, 5.74) is 0.639. The number of Topliss-reactive ketones (excluding diaryl/α,β-unsaturated/α-hetero) is 1. The predicted octanol–water partition coefficient (Wildman–Crippen LogP) is 3.45. The van der Waals surface area contributed by atoms with Crippen molar-refractivity contribution in [2.45, 2.75) is 78.0 Å². The lowest BCUT2D eigenvalue weighted by molar-refractivity contribution is -0.158. The van der Waals surface area contributed by atoms with Gasteiger partial charge in [0.25, 0.3) is 5.91 Å². The number of esters is 1. The molecule has 4 rings (SSSR count). The van der Waals surface area contributed by atoms with Crippen LogP contribution in [0, 0.1) is 18.8 Å². The van der Waals surface area contributed by atoms with E-state index in [1.165, 1.54) is 23.3 Å². The van der Waals surface area contributed by atoms with Gasteiger partial charge in [0.15, 0.2) is 17.4 Å². The number of rotatable bonds is 5. The van der Waals surface area contributed by atoms with E-state index in [1.807, 2.05) is 6.92 Å². The van der Waals surface area contributed by atoms with Gasteiger partial charge in [-0.1, -0.05) is 43.7 Å². The van der Waals surface area contributed by atoms with E-state index in [9.17, 15) is 29.1 Å². The van der Waals surface area contributed by atoms with Gasteiger partial charge in [-0.25, -0.2) is 14.6 Å². The van der Waals surface area contributed by atoms with Crippen molar-refractivity contribution in [2.75, 3.05) is 25.0 Å². The van der Waals surface area contributed by atoms with Crippen molar-refractivity contribution in [2.24, 2.45) is 11.8 Å². The van der Waals surface area contributed by atoms with E-state index in [1.54, 1.807) is 39.0 Å². The number of aryl methyl sites for hydroxylation is 1. The van der Waals surface area contributed by atoms with E-state index in [4.69, 9.17) is 18.3 Å². The number of allylic oxidation sites excluding steroid dienone is 2. The van der Waals surface area contributed by atoms with Crippen molar-refractivity contribution in [3.05, 3.63) is 66.0 Å². The first kappa shape index (κ1) is 36.8. The minimum atomic E-state index is -1.05. The van der Waals surface area contributed by atoms with Crippen LogP contribution >= 0.6 is 0 Å². The van der Waals surface area contributed by atoms with Gasteiger partial charge >= 0.3 is 12.1 Å². The van der Waals surface area contributed by atoms with Crippen molar-refractivity contribution < 1.29 is 47.4 Å². The van der Waals surface area contributed by atoms with Gasteiger partial charge in [-0.2, -0.15) is 4.98 Å². The highest BCUT2D eigenvalue weighted by atomic mass is 16.6. The number of aromatic nitrogens is 2. The summed E-state index contributed by atoms with van der Waals surface area (Å²) in [4.78, 5) is 74.0. The van der Waals surface area contributed by atoms with Gasteiger partial charge in [-0.3, -0.25) is 19.7 Å². The number of aliphatic hydroxyl groups excluding tert-OH is 1. The van der Waals surface area contributed by atoms with Crippen molar-refractivity contribution in [1.29, 1.82) is 0 Å². The lowest BCUT2D eigenvalue weighted by atomic mass is 9.90. The van der Waals surface area contributed by atoms with Gasteiger partial charge in [-0.05, 0) is 38.2 Å². The van der Waals surface area contributed by atoms with Crippen LogP contribution in [0.25, 0.3) is 0 Å². The third-order valence-electron chi connectivity index (χ3n) is 8.11. The maximum Gasteiger partial charge on any atom is 0.412 e. The van der Waals surface area contributed by atoms with Crippen LogP contribution in [0.5, 0.6) is 0 Å². The summed E-state index contributed by atoms with van der Waals surface area (Å²) >= 11 is 0. The molecule has 0 aliphatic carbocycles. The van der Waals surface area contributed by atoms with E-state index in [2.05, 4.69) is 20.6 Å². The topological polar surface area (TPSA) is 203 Å². The minimum Gasteiger partial charge on any atom is -0.460 e. The number of aliphatic hydroxyl groups is 1. The van der Waals surface area contributed by atoms with Crippen LogP contribution in [-0.2, 0) is 30.3 Å². The molecule has 3 amide bonds. The monoisotopic (exact) mass is 681 g/mol. The molecule has 3 N–H and O–H groups in total. The smallest absolute Gasteiger partial charge is 0.412 e. The Morgan fingerprint density at radius 2 is 1.96 bits per heavy atom. The van der Waals surface area contributed by atoms with Crippen LogP contribution < -0.4 is 10.6 Å². The first-order chi connectivity index (χ1) is 23.4. The molecule has 0 aromatic carbocycles. The number of anilines is 1. The first-order valence-corrected chi connectivity index (χ1v) is 16.2. The molecule has 5 atom stereocenters. The molecule has 264 valence electrons. The fourth-order valence-electron chi connectivity index (χ4n) is 5.61. The highest BCUT2D eigenvalue weighted by molar-refractivity contribution is 5.95. The van der Waals surface area contributed by atoms with E-state index >= 15 is 0 Å². The molecule has 2 aliphatic rings. The summed E-state index contributed by atoms with van der Waals surface area (Å²) in [6, 6.07) is -0.894. The molecule has 0 spiro atoms. The number of fused-ring (bicyclic) bond motifs is 3. The van der Waals surface area contributed by atoms with Gasteiger partial charge in [0.05, 0.1) is 19.1 Å². The van der Waals surface area contributed by atoms with Gasteiger partial charge < -0.3 is 33.6 Å². The number of hydrogen-bond acceptors (Lipinski definition) is 12. The standard InChI is InChI=1S/C34H43N5O10/c1-20-7-5-12-35-29(42)10-9-21(2)31(22(3)11-14-46-34(45)38-28-19-47-23(4)36-28)49-33(44)27-8-6-13-39(27)32(43)26-18-48-30(37-26)17-25(41)16-24(40)15-20/h5,7,9-10,15,18-19,21-22,24,27,31,40H,6,8,11-14,16-17H2,1-4H3,(H,35,42)(H,38,45)/b7-5?,10-9+,20-15?/t21-,22-,24-,27-,31+/m1/s1. The second-order valence-corrected chi connectivity index (χ2v) is 12.2. The summed E-state index contributed by atoms with van der Waals surface area (Å²) in [5.74, 6) is -2.03. The zero-order valence-electron chi connectivity index (χ0n) is 28.0. The molecule has 2 bridgehead atoms. The summed E-state index contributed by atoms with van der Waals surface area (Å²) in [6.45, 7) is 7.52. The average molecular weight is 682 g/mol. The summed E-state index contributed by atoms with van der Waals surface area (Å²) in [5, 5.41) is 15.6. The molecule has 0 saturated carbocycles. The number of carbonyl (C=O) groups is 5. The highest BCUT2D eigenvalue weighted by Crippen LogP contribution is 2.27. The molecule has 0 unspecified atom stereocenters. The molecular weight excluding hydrogens is 638 g/mol. The summed E-state index contributed by atoms with van der Waals surface area (Å²) < 4.78 is 21.8. The maximum absolute atomic E-state index is 13.6. The van der Waals surface area contributed by atoms with Gasteiger partial charge in [-0.15, -0.1) is 0 Å². The van der Waals surface area contributed by atoms with Crippen molar-refractivity contribution >= 4 is 35.5 Å². The Balaban J connectivity index is 1.51. The first-order valence-electron chi connectivity index (χ1n) is 16.2. The second kappa shape index (κ2) is 17.4. The van der Waals surface area contributed by atoms with Crippen LogP contribution in [0.3, 0.4) is 0 Å². The van der Waals surface area contributed by atoms with Crippen LogP contribution in [0.4, 0.5) is 10.6 Å². The molecule has 1 saturated heterocycles. The molecular formula is C34H43N5O10. The lowest BCUT2D eigenvalue weighted by Gasteiger charge is -2.31. The number of ketones is 1. The highest BCUT2D eigenvalue weighted by Gasteiger charge is 2.39. The zero-order chi connectivity index (χ0) is 35.5. The number of hydrogen-bond donors (Lipinski definition) is 3. The van der Waals surface area contributed by atoms with E-state index in [0.29, 0.717) is 30.7 Å². The molecule has 49 heavy (non-hydrogen) atoms. The third kappa shape index (κ3) is 11.0. The van der Waals surface area contributed by atoms with Crippen molar-refractivity contribution in [1.82, 2.24) is 20.2 Å². The summed E-state index contributed by atoms with van der Waals surface area (Å²) in [6.07, 6.45) is 8.68. The molecule has 0 radical (unpaired) electrons. The van der Waals surface area contributed by atoms with Crippen LogP contribution in [-0.4, -0.2) is 87.6 Å². The van der Waals surface area contributed by atoms with Crippen LogP contribution in [0.1, 0.15) is 68.7 Å². The van der Waals surface area contributed by atoms with Gasteiger partial charge in [0.1, 0.15) is 30.5 Å². The Bertz CT molecular complexity index is 1590. The van der Waals surface area contributed by atoms with Crippen molar-refractivity contribution in [3.8, 4) is 0 Å². The largest absolute Gasteiger partial charge is 0.460 e. The lowest BCUT2D eigenvalue weighted by Crippen LogP contribution is -2.44. The Morgan fingerprint density at radius 1 is 1.16 bits per heavy atom. The zero-order valence-corrected chi connectivity index (χ0v) is 28.0. The van der Waals surface area contributed by atoms with Gasteiger partial charge in [0, 0.05) is 32.4 Å².